The maximum Gasteiger partial charge on any atom is 0.159 e. The second-order valence-electron chi connectivity index (χ2n) is 10.7. The summed E-state index contributed by atoms with van der Waals surface area (Å²) in [6.45, 7) is 4.19. The summed E-state index contributed by atoms with van der Waals surface area (Å²) in [5.41, 5.74) is 4.31. The van der Waals surface area contributed by atoms with Gasteiger partial charge in [-0.1, -0.05) is 43.2 Å². The van der Waals surface area contributed by atoms with Crippen molar-refractivity contribution in [3.8, 4) is 0 Å². The largest absolute Gasteiger partial charge is 0.295 e. The predicted molar refractivity (Wildman–Crippen MR) is 116 cm³/mol. The molecular weight excluding hydrogens is 356 g/mol. The highest BCUT2D eigenvalue weighted by Gasteiger charge is 2.57. The zero-order valence-electron chi connectivity index (χ0n) is 18.0. The molecule has 5 rings (SSSR count). The van der Waals surface area contributed by atoms with Crippen molar-refractivity contribution in [3.63, 3.8) is 0 Å². The minimum absolute atomic E-state index is 0.129. The van der Waals surface area contributed by atoms with Crippen LogP contribution in [0.15, 0.2) is 35.9 Å². The first-order chi connectivity index (χ1) is 13.9. The smallest absolute Gasteiger partial charge is 0.159 e. The molecule has 1 aromatic rings. The second kappa shape index (κ2) is 6.93. The number of hydrogen-bond donors (Lipinski definition) is 0. The Kier molecular flexibility index (Phi) is 4.60. The third-order valence-electron chi connectivity index (χ3n) is 9.35. The van der Waals surface area contributed by atoms with E-state index in [1.54, 1.807) is 6.92 Å². The molecule has 154 valence electrons. The summed E-state index contributed by atoms with van der Waals surface area (Å²) in [7, 11) is 0. The van der Waals surface area contributed by atoms with Gasteiger partial charge in [0.2, 0.25) is 0 Å². The van der Waals surface area contributed by atoms with Crippen LogP contribution in [-0.2, 0) is 11.2 Å². The monoisotopic (exact) mass is 390 g/mol. The summed E-state index contributed by atoms with van der Waals surface area (Å²) in [6.07, 6.45) is 14.1. The van der Waals surface area contributed by atoms with Crippen LogP contribution in [-0.4, -0.2) is 11.6 Å². The number of hydrogen-bond acceptors (Lipinski definition) is 2. The van der Waals surface area contributed by atoms with E-state index in [4.69, 9.17) is 0 Å². The van der Waals surface area contributed by atoms with Crippen molar-refractivity contribution < 1.29 is 9.59 Å². The van der Waals surface area contributed by atoms with Crippen molar-refractivity contribution >= 4 is 11.6 Å². The number of Topliss-reactive ketones (excluding diaryl/α,β-unsaturated/α-hetero) is 1. The molecule has 2 nitrogen and oxygen atoms in total. The Balaban J connectivity index is 1.52. The molecule has 0 amide bonds. The first-order valence-corrected chi connectivity index (χ1v) is 11.8. The Hall–Kier alpha value is -1.70. The molecule has 0 N–H and O–H groups in total. The number of allylic oxidation sites excluding steroid dienone is 1. The Morgan fingerprint density at radius 2 is 1.79 bits per heavy atom. The molecule has 4 aliphatic rings. The van der Waals surface area contributed by atoms with E-state index in [2.05, 4.69) is 19.1 Å². The fourth-order valence-corrected chi connectivity index (χ4v) is 7.91. The summed E-state index contributed by atoms with van der Waals surface area (Å²) < 4.78 is 0. The quantitative estimate of drug-likeness (QED) is 0.565. The first-order valence-electron chi connectivity index (χ1n) is 11.8. The number of carbonyl (C=O) groups is 2. The van der Waals surface area contributed by atoms with Crippen LogP contribution in [0.2, 0.25) is 0 Å². The standard InChI is InChI=1S/C27H34O2/c1-18(28)20-7-5-19(6-8-20)17-27-15-11-22(29)16-21(27)9-10-23-24-4-3-13-26(24,2)14-12-25(23)27/h5-8,16,23-25H,3-4,9-15,17H2,1-2H3/t23-,24-,25+,26-,27+/m0/s1. The molecule has 2 heteroatoms. The van der Waals surface area contributed by atoms with Gasteiger partial charge in [0.15, 0.2) is 11.6 Å². The normalized spacial score (nSPS) is 38.6. The van der Waals surface area contributed by atoms with Crippen LogP contribution >= 0.6 is 0 Å². The highest BCUT2D eigenvalue weighted by molar-refractivity contribution is 5.94. The molecule has 29 heavy (non-hydrogen) atoms. The van der Waals surface area contributed by atoms with E-state index in [0.717, 1.165) is 42.6 Å². The molecule has 0 radical (unpaired) electrons. The van der Waals surface area contributed by atoms with Gasteiger partial charge in [0.05, 0.1) is 0 Å². The van der Waals surface area contributed by atoms with Crippen molar-refractivity contribution in [1.82, 2.24) is 0 Å². The van der Waals surface area contributed by atoms with Gasteiger partial charge < -0.3 is 0 Å². The number of benzene rings is 1. The van der Waals surface area contributed by atoms with E-state index >= 15 is 0 Å². The van der Waals surface area contributed by atoms with Gasteiger partial charge in [-0.15, -0.1) is 0 Å². The van der Waals surface area contributed by atoms with Gasteiger partial charge in [-0.25, -0.2) is 0 Å². The number of carbonyl (C=O) groups excluding carboxylic acids is 2. The third-order valence-corrected chi connectivity index (χ3v) is 9.35. The molecule has 5 atom stereocenters. The zero-order chi connectivity index (χ0) is 20.2. The van der Waals surface area contributed by atoms with E-state index in [0.29, 0.717) is 17.6 Å². The lowest BCUT2D eigenvalue weighted by atomic mass is 9.46. The van der Waals surface area contributed by atoms with Gasteiger partial charge in [0, 0.05) is 12.0 Å². The first kappa shape index (κ1) is 19.3. The Bertz CT molecular complexity index is 863. The van der Waals surface area contributed by atoms with E-state index in [-0.39, 0.29) is 11.2 Å². The van der Waals surface area contributed by atoms with E-state index in [9.17, 15) is 9.59 Å². The van der Waals surface area contributed by atoms with Crippen molar-refractivity contribution in [2.45, 2.75) is 78.1 Å². The van der Waals surface area contributed by atoms with Gasteiger partial charge >= 0.3 is 0 Å². The highest BCUT2D eigenvalue weighted by atomic mass is 16.1. The van der Waals surface area contributed by atoms with Gasteiger partial charge in [-0.05, 0) is 98.5 Å². The van der Waals surface area contributed by atoms with Crippen LogP contribution in [0.25, 0.3) is 0 Å². The van der Waals surface area contributed by atoms with Crippen molar-refractivity contribution in [3.05, 3.63) is 47.0 Å². The van der Waals surface area contributed by atoms with Crippen LogP contribution in [0.3, 0.4) is 0 Å². The summed E-state index contributed by atoms with van der Waals surface area (Å²) in [5.74, 6) is 2.90. The molecule has 0 bridgehead atoms. The molecule has 3 saturated carbocycles. The highest BCUT2D eigenvalue weighted by Crippen LogP contribution is 2.66. The zero-order valence-corrected chi connectivity index (χ0v) is 18.0. The van der Waals surface area contributed by atoms with Gasteiger partial charge in [0.25, 0.3) is 0 Å². The maximum absolute atomic E-state index is 12.3. The topological polar surface area (TPSA) is 34.1 Å². The fourth-order valence-electron chi connectivity index (χ4n) is 7.91. The summed E-state index contributed by atoms with van der Waals surface area (Å²) in [4.78, 5) is 24.0. The Labute approximate surface area is 175 Å². The molecule has 0 aromatic heterocycles. The minimum Gasteiger partial charge on any atom is -0.295 e. The molecule has 0 spiro atoms. The third kappa shape index (κ3) is 3.05. The van der Waals surface area contributed by atoms with E-state index < -0.39 is 0 Å². The van der Waals surface area contributed by atoms with Crippen LogP contribution in [0.5, 0.6) is 0 Å². The average molecular weight is 391 g/mol. The van der Waals surface area contributed by atoms with Gasteiger partial charge in [0.1, 0.15) is 0 Å². The SMILES string of the molecule is CC(=O)c1ccc(C[C@]23CCC(=O)C=C2CC[C@@H]2[C@H]3CC[C@]3(C)CCC[C@@H]23)cc1. The molecule has 0 saturated heterocycles. The average Bonchev–Trinajstić information content (AvgIpc) is 3.10. The predicted octanol–water partition coefficient (Wildman–Crippen LogP) is 6.33. The lowest BCUT2D eigenvalue weighted by Gasteiger charge is -2.58. The minimum atomic E-state index is 0.129. The van der Waals surface area contributed by atoms with Crippen LogP contribution in [0.4, 0.5) is 0 Å². The number of ketones is 2. The van der Waals surface area contributed by atoms with Gasteiger partial charge in [-0.2, -0.15) is 0 Å². The van der Waals surface area contributed by atoms with Crippen LogP contribution in [0.1, 0.15) is 87.6 Å². The van der Waals surface area contributed by atoms with Gasteiger partial charge in [-0.3, -0.25) is 9.59 Å². The molecule has 0 aliphatic heterocycles. The van der Waals surface area contributed by atoms with Crippen LogP contribution < -0.4 is 0 Å². The molecule has 3 fully saturated rings. The summed E-state index contributed by atoms with van der Waals surface area (Å²) in [5, 5.41) is 0. The van der Waals surface area contributed by atoms with Crippen molar-refractivity contribution in [2.24, 2.45) is 28.6 Å². The molecular formula is C27H34O2. The van der Waals surface area contributed by atoms with Crippen molar-refractivity contribution in [1.29, 1.82) is 0 Å². The second-order valence-corrected chi connectivity index (χ2v) is 10.7. The molecule has 0 heterocycles. The Morgan fingerprint density at radius 1 is 1.00 bits per heavy atom. The number of rotatable bonds is 3. The molecule has 0 unspecified atom stereocenters. The molecule has 1 aromatic carbocycles. The fraction of sp³-hybridized carbons (Fsp3) is 0.630. The van der Waals surface area contributed by atoms with Crippen molar-refractivity contribution in [2.75, 3.05) is 0 Å². The lowest BCUT2D eigenvalue weighted by Crippen LogP contribution is -2.51. The summed E-state index contributed by atoms with van der Waals surface area (Å²) >= 11 is 0. The van der Waals surface area contributed by atoms with E-state index in [1.807, 2.05) is 18.2 Å². The molecule has 4 aliphatic carbocycles. The Morgan fingerprint density at radius 3 is 2.55 bits per heavy atom. The summed E-state index contributed by atoms with van der Waals surface area (Å²) in [6, 6.07) is 8.29. The lowest BCUT2D eigenvalue weighted by molar-refractivity contribution is -0.117. The maximum atomic E-state index is 12.3. The van der Waals surface area contributed by atoms with Crippen LogP contribution in [0, 0.1) is 28.6 Å². The number of fused-ring (bicyclic) bond motifs is 5. The van der Waals surface area contributed by atoms with E-state index in [1.165, 1.54) is 49.7 Å².